The molecule has 0 aliphatic heterocycles. The summed E-state index contributed by atoms with van der Waals surface area (Å²) < 4.78 is 87.2. The fraction of sp³-hybridized carbons (Fsp3) is 0.600. The van der Waals surface area contributed by atoms with E-state index in [1.54, 1.807) is 0 Å². The summed E-state index contributed by atoms with van der Waals surface area (Å²) in [4.78, 5) is 13.0. The van der Waals surface area contributed by atoms with Crippen molar-refractivity contribution in [2.24, 2.45) is 11.8 Å². The number of carbonyl (C=O) groups is 1. The third-order valence-corrected chi connectivity index (χ3v) is 5.99. The molecule has 4 nitrogen and oxygen atoms in total. The van der Waals surface area contributed by atoms with Gasteiger partial charge in [0.2, 0.25) is 17.4 Å². The van der Waals surface area contributed by atoms with E-state index < -0.39 is 65.3 Å². The molecule has 2 atom stereocenters. The van der Waals surface area contributed by atoms with E-state index in [0.717, 1.165) is 24.3 Å². The maximum Gasteiger partial charge on any atom is 0.422 e. The number of benzene rings is 1. The number of rotatable bonds is 9. The van der Waals surface area contributed by atoms with E-state index in [1.165, 1.54) is 13.8 Å². The first-order chi connectivity index (χ1) is 16.2. The van der Waals surface area contributed by atoms with E-state index in [-0.39, 0.29) is 18.8 Å². The number of amides is 1. The summed E-state index contributed by atoms with van der Waals surface area (Å²) in [6.45, 7) is 3.07. The lowest BCUT2D eigenvalue weighted by atomic mass is 9.86. The number of carbonyl (C=O) groups excluding carboxylic acids is 1. The Bertz CT molecular complexity index is 1030. The molecule has 1 aromatic carbocycles. The molecule has 0 spiro atoms. The smallest absolute Gasteiger partial charge is 0.336 e. The van der Waals surface area contributed by atoms with Crippen molar-refractivity contribution >= 4 is 5.91 Å². The number of nitrogens with zero attached hydrogens (tertiary/aromatic N) is 1. The predicted octanol–water partition coefficient (Wildman–Crippen LogP) is 5.20. The summed E-state index contributed by atoms with van der Waals surface area (Å²) in [5.41, 5.74) is -5.01. The van der Waals surface area contributed by atoms with Crippen molar-refractivity contribution in [1.29, 1.82) is 5.26 Å². The van der Waals surface area contributed by atoms with Crippen LogP contribution in [0.25, 0.3) is 0 Å². The largest absolute Gasteiger partial charge is 0.422 e. The number of hydrogen-bond donors (Lipinski definition) is 2. The average Bonchev–Trinajstić information content (AvgIpc) is 3.65. The van der Waals surface area contributed by atoms with Crippen LogP contribution in [-0.2, 0) is 10.3 Å². The van der Waals surface area contributed by atoms with Gasteiger partial charge in [0.1, 0.15) is 11.4 Å². The molecule has 0 saturated heterocycles. The third-order valence-electron chi connectivity index (χ3n) is 5.99. The third kappa shape index (κ3) is 6.70. The normalized spacial score (nSPS) is 19.7. The average molecular weight is 499 g/mol. The number of hydrogen-bond acceptors (Lipinski definition) is 3. The second-order valence-corrected chi connectivity index (χ2v) is 9.84. The molecule has 2 saturated carbocycles. The zero-order valence-corrected chi connectivity index (χ0v) is 19.4. The Morgan fingerprint density at radius 2 is 1.71 bits per heavy atom. The van der Waals surface area contributed by atoms with Gasteiger partial charge in [-0.3, -0.25) is 10.1 Å². The second kappa shape index (κ2) is 9.73. The topological polar surface area (TPSA) is 64.9 Å². The van der Waals surface area contributed by atoms with Crippen molar-refractivity contribution in [2.75, 3.05) is 0 Å². The zero-order chi connectivity index (χ0) is 26.1. The van der Waals surface area contributed by atoms with Gasteiger partial charge in [0, 0.05) is 18.8 Å². The standard InChI is InChI=1S/C25H27F6N3O/c1-16(2)13-23(27,28)14-20(21(35)34-22(15-32)11-12-22)33-24(25(29,30)31,10-9-17-3-4-17)18-5-7-19(26)8-6-18/h5-8,16-17,20,33H,3-4,11-14H2,1-2H3,(H,34,35)/t20?,24-/m0/s1. The van der Waals surface area contributed by atoms with Gasteiger partial charge in [-0.05, 0) is 49.3 Å². The lowest BCUT2D eigenvalue weighted by Gasteiger charge is -2.37. The highest BCUT2D eigenvalue weighted by Gasteiger charge is 2.58. The SMILES string of the molecule is CC(C)CC(F)(F)CC(N[C@@](C#CC1CC1)(c1ccc(F)cc1)C(F)(F)F)C(=O)NC1(C#N)CC1. The van der Waals surface area contributed by atoms with Gasteiger partial charge in [-0.1, -0.05) is 37.8 Å². The predicted molar refractivity (Wildman–Crippen MR) is 116 cm³/mol. The molecular weight excluding hydrogens is 472 g/mol. The van der Waals surface area contributed by atoms with Crippen LogP contribution in [0.1, 0.15) is 57.9 Å². The molecule has 3 rings (SSSR count). The van der Waals surface area contributed by atoms with Crippen LogP contribution in [0.2, 0.25) is 0 Å². The Labute approximate surface area is 200 Å². The van der Waals surface area contributed by atoms with Crippen molar-refractivity contribution in [1.82, 2.24) is 10.6 Å². The molecule has 1 aromatic rings. The first kappa shape index (κ1) is 26.9. The Hall–Kier alpha value is -2.72. The van der Waals surface area contributed by atoms with Crippen molar-refractivity contribution in [3.63, 3.8) is 0 Å². The minimum atomic E-state index is -5.15. The van der Waals surface area contributed by atoms with Gasteiger partial charge in [0.15, 0.2) is 0 Å². The van der Waals surface area contributed by atoms with E-state index in [1.807, 2.05) is 6.07 Å². The summed E-state index contributed by atoms with van der Waals surface area (Å²) in [7, 11) is 0. The van der Waals surface area contributed by atoms with E-state index in [0.29, 0.717) is 12.8 Å². The minimum absolute atomic E-state index is 0.272. The molecule has 190 valence electrons. The summed E-state index contributed by atoms with van der Waals surface area (Å²) in [6, 6.07) is 3.21. The lowest BCUT2D eigenvalue weighted by Crippen LogP contribution is -2.62. The Kier molecular flexibility index (Phi) is 7.48. The van der Waals surface area contributed by atoms with Crippen LogP contribution in [0.3, 0.4) is 0 Å². The molecule has 0 radical (unpaired) electrons. The monoisotopic (exact) mass is 499 g/mol. The van der Waals surface area contributed by atoms with Gasteiger partial charge in [0.05, 0.1) is 12.1 Å². The number of nitrogens with one attached hydrogen (secondary N) is 2. The van der Waals surface area contributed by atoms with E-state index in [4.69, 9.17) is 0 Å². The highest BCUT2D eigenvalue weighted by atomic mass is 19.4. The molecular formula is C25H27F6N3O. The van der Waals surface area contributed by atoms with Gasteiger partial charge >= 0.3 is 6.18 Å². The van der Waals surface area contributed by atoms with Gasteiger partial charge in [-0.15, -0.1) is 0 Å². The van der Waals surface area contributed by atoms with Crippen LogP contribution in [0.4, 0.5) is 26.3 Å². The molecule has 0 aromatic heterocycles. The molecule has 1 unspecified atom stereocenters. The molecule has 2 fully saturated rings. The highest BCUT2D eigenvalue weighted by Crippen LogP contribution is 2.42. The fourth-order valence-corrected chi connectivity index (χ4v) is 3.81. The minimum Gasteiger partial charge on any atom is -0.336 e. The van der Waals surface area contributed by atoms with Crippen molar-refractivity contribution in [2.45, 2.75) is 81.6 Å². The maximum atomic E-state index is 14.8. The number of halogens is 6. The summed E-state index contributed by atoms with van der Waals surface area (Å²) in [6.07, 6.45) is -5.28. The maximum absolute atomic E-state index is 14.8. The Morgan fingerprint density at radius 3 is 2.17 bits per heavy atom. The summed E-state index contributed by atoms with van der Waals surface area (Å²) in [5, 5.41) is 13.7. The van der Waals surface area contributed by atoms with E-state index in [2.05, 4.69) is 22.5 Å². The lowest BCUT2D eigenvalue weighted by molar-refractivity contribution is -0.186. The van der Waals surface area contributed by atoms with Crippen LogP contribution < -0.4 is 10.6 Å². The zero-order valence-electron chi connectivity index (χ0n) is 19.4. The number of nitriles is 1. The highest BCUT2D eigenvalue weighted by molar-refractivity contribution is 5.83. The molecule has 10 heteroatoms. The van der Waals surface area contributed by atoms with Crippen LogP contribution in [0.5, 0.6) is 0 Å². The van der Waals surface area contributed by atoms with Crippen molar-refractivity contribution < 1.29 is 31.1 Å². The number of alkyl halides is 5. The van der Waals surface area contributed by atoms with Crippen molar-refractivity contribution in [3.8, 4) is 17.9 Å². The molecule has 0 bridgehead atoms. The van der Waals surface area contributed by atoms with Crippen molar-refractivity contribution in [3.05, 3.63) is 35.6 Å². The molecule has 0 heterocycles. The van der Waals surface area contributed by atoms with Gasteiger partial charge in [-0.2, -0.15) is 18.4 Å². The van der Waals surface area contributed by atoms with Gasteiger partial charge < -0.3 is 5.32 Å². The molecule has 35 heavy (non-hydrogen) atoms. The fourth-order valence-electron chi connectivity index (χ4n) is 3.81. The molecule has 1 amide bonds. The van der Waals surface area contributed by atoms with Gasteiger partial charge in [-0.25, -0.2) is 13.2 Å². The molecule has 2 aliphatic rings. The summed E-state index contributed by atoms with van der Waals surface area (Å²) >= 11 is 0. The molecule has 2 N–H and O–H groups in total. The van der Waals surface area contributed by atoms with Crippen LogP contribution >= 0.6 is 0 Å². The Balaban J connectivity index is 2.07. The summed E-state index contributed by atoms with van der Waals surface area (Å²) in [5.74, 6) is -1.46. The van der Waals surface area contributed by atoms with Gasteiger partial charge in [0.25, 0.3) is 0 Å². The first-order valence-electron chi connectivity index (χ1n) is 11.5. The van der Waals surface area contributed by atoms with Crippen LogP contribution in [0, 0.1) is 40.8 Å². The van der Waals surface area contributed by atoms with E-state index >= 15 is 0 Å². The quantitative estimate of drug-likeness (QED) is 0.363. The first-order valence-corrected chi connectivity index (χ1v) is 11.5. The van der Waals surface area contributed by atoms with Crippen LogP contribution in [-0.4, -0.2) is 29.6 Å². The van der Waals surface area contributed by atoms with Crippen LogP contribution in [0.15, 0.2) is 24.3 Å². The van der Waals surface area contributed by atoms with E-state index in [9.17, 15) is 36.4 Å². The second-order valence-electron chi connectivity index (χ2n) is 9.84. The molecule has 2 aliphatic carbocycles. The Morgan fingerprint density at radius 1 is 1.11 bits per heavy atom.